The van der Waals surface area contributed by atoms with Gasteiger partial charge in [-0.1, -0.05) is 0 Å². The molecule has 2 aromatic heterocycles. The van der Waals surface area contributed by atoms with Crippen LogP contribution in [0.4, 0.5) is 5.82 Å². The number of hydrogen-bond acceptors (Lipinski definition) is 6. The smallest absolute Gasteiger partial charge is 0.152 e. The van der Waals surface area contributed by atoms with Crippen LogP contribution in [0.15, 0.2) is 18.2 Å². The number of fused-ring (bicyclic) bond motifs is 3. The highest BCUT2D eigenvalue weighted by molar-refractivity contribution is 6.06. The molecule has 0 saturated heterocycles. The Balaban J connectivity index is 2.34. The molecule has 0 saturated carbocycles. The number of nitriles is 1. The molecule has 0 aliphatic rings. The van der Waals surface area contributed by atoms with Gasteiger partial charge >= 0.3 is 0 Å². The standard InChI is InChI=1S/C18H21N5O2/c1-4-25-9-14-22-15-16(23(14)10-18(2,3)24)12-6-5-11(8-19)7-13(12)21-17(15)20/h5-7,24H,4,9-10H2,1-3H3,(H2,20,21). The molecule has 1 aromatic carbocycles. The van der Waals surface area contributed by atoms with Crippen molar-refractivity contribution >= 4 is 27.8 Å². The zero-order chi connectivity index (χ0) is 18.2. The van der Waals surface area contributed by atoms with Crippen LogP contribution in [0.2, 0.25) is 0 Å². The van der Waals surface area contributed by atoms with E-state index in [-0.39, 0.29) is 0 Å². The molecule has 25 heavy (non-hydrogen) atoms. The maximum Gasteiger partial charge on any atom is 0.152 e. The molecule has 3 aromatic rings. The Morgan fingerprint density at radius 1 is 1.36 bits per heavy atom. The maximum absolute atomic E-state index is 10.3. The summed E-state index contributed by atoms with van der Waals surface area (Å²) in [4.78, 5) is 8.99. The van der Waals surface area contributed by atoms with Crippen LogP contribution >= 0.6 is 0 Å². The zero-order valence-corrected chi connectivity index (χ0v) is 14.6. The monoisotopic (exact) mass is 339 g/mol. The van der Waals surface area contributed by atoms with Gasteiger partial charge in [0.05, 0.1) is 34.8 Å². The number of aromatic nitrogens is 3. The Morgan fingerprint density at radius 2 is 2.12 bits per heavy atom. The molecule has 0 fully saturated rings. The van der Waals surface area contributed by atoms with E-state index in [9.17, 15) is 5.11 Å². The fourth-order valence-electron chi connectivity index (χ4n) is 2.89. The van der Waals surface area contributed by atoms with Crippen LogP contribution in [0, 0.1) is 11.3 Å². The largest absolute Gasteiger partial charge is 0.389 e. The number of imidazole rings is 1. The van der Waals surface area contributed by atoms with Crippen LogP contribution in [0.5, 0.6) is 0 Å². The normalized spacial score (nSPS) is 12.0. The van der Waals surface area contributed by atoms with E-state index >= 15 is 0 Å². The van der Waals surface area contributed by atoms with Gasteiger partial charge in [0.2, 0.25) is 0 Å². The highest BCUT2D eigenvalue weighted by Crippen LogP contribution is 2.30. The highest BCUT2D eigenvalue weighted by atomic mass is 16.5. The minimum absolute atomic E-state index is 0.296. The molecule has 0 atom stereocenters. The van der Waals surface area contributed by atoms with Crippen LogP contribution < -0.4 is 5.73 Å². The van der Waals surface area contributed by atoms with Gasteiger partial charge < -0.3 is 20.1 Å². The van der Waals surface area contributed by atoms with Gasteiger partial charge in [0.25, 0.3) is 0 Å². The van der Waals surface area contributed by atoms with Gasteiger partial charge in [-0.05, 0) is 39.0 Å². The molecule has 3 N–H and O–H groups in total. The van der Waals surface area contributed by atoms with Crippen LogP contribution in [0.25, 0.3) is 21.9 Å². The Kier molecular flexibility index (Phi) is 4.33. The number of ether oxygens (including phenoxy) is 1. The van der Waals surface area contributed by atoms with Gasteiger partial charge in [0.1, 0.15) is 17.9 Å². The molecule has 0 amide bonds. The molecule has 7 nitrogen and oxygen atoms in total. The van der Waals surface area contributed by atoms with Gasteiger partial charge in [0, 0.05) is 12.0 Å². The molecule has 0 radical (unpaired) electrons. The number of benzene rings is 1. The van der Waals surface area contributed by atoms with Crippen molar-refractivity contribution in [1.82, 2.24) is 14.5 Å². The highest BCUT2D eigenvalue weighted by Gasteiger charge is 2.22. The van der Waals surface area contributed by atoms with Crippen molar-refractivity contribution < 1.29 is 9.84 Å². The minimum Gasteiger partial charge on any atom is -0.389 e. The second kappa shape index (κ2) is 6.31. The summed E-state index contributed by atoms with van der Waals surface area (Å²) < 4.78 is 7.45. The first-order chi connectivity index (χ1) is 11.8. The molecule has 7 heteroatoms. The second-order valence-electron chi connectivity index (χ2n) is 6.60. The molecule has 0 bridgehead atoms. The quantitative estimate of drug-likeness (QED) is 0.738. The zero-order valence-electron chi connectivity index (χ0n) is 14.6. The van der Waals surface area contributed by atoms with Crippen LogP contribution in [0.3, 0.4) is 0 Å². The lowest BCUT2D eigenvalue weighted by atomic mass is 10.1. The molecule has 0 aliphatic heterocycles. The predicted molar refractivity (Wildman–Crippen MR) is 95.8 cm³/mol. The van der Waals surface area contributed by atoms with E-state index in [1.54, 1.807) is 26.0 Å². The lowest BCUT2D eigenvalue weighted by Gasteiger charge is -2.20. The van der Waals surface area contributed by atoms with Gasteiger partial charge in [0.15, 0.2) is 5.82 Å². The van der Waals surface area contributed by atoms with Crippen molar-refractivity contribution in [3.05, 3.63) is 29.6 Å². The van der Waals surface area contributed by atoms with Crippen molar-refractivity contribution in [1.29, 1.82) is 5.26 Å². The van der Waals surface area contributed by atoms with E-state index in [0.717, 1.165) is 10.9 Å². The topological polar surface area (TPSA) is 110 Å². The summed E-state index contributed by atoms with van der Waals surface area (Å²) in [5, 5.41) is 20.3. The number of aliphatic hydroxyl groups is 1. The summed E-state index contributed by atoms with van der Waals surface area (Å²) in [7, 11) is 0. The molecular formula is C18H21N5O2. The molecule has 3 rings (SSSR count). The second-order valence-corrected chi connectivity index (χ2v) is 6.60. The van der Waals surface area contributed by atoms with Crippen LogP contribution in [-0.2, 0) is 17.9 Å². The molecular weight excluding hydrogens is 318 g/mol. The Morgan fingerprint density at radius 3 is 2.76 bits per heavy atom. The van der Waals surface area contributed by atoms with Crippen LogP contribution in [0.1, 0.15) is 32.2 Å². The van der Waals surface area contributed by atoms with E-state index in [1.165, 1.54) is 0 Å². The summed E-state index contributed by atoms with van der Waals surface area (Å²) in [6.07, 6.45) is 0. The molecule has 0 aliphatic carbocycles. The first kappa shape index (κ1) is 17.1. The summed E-state index contributed by atoms with van der Waals surface area (Å²) in [5.41, 5.74) is 7.70. The number of anilines is 1. The fraction of sp³-hybridized carbons (Fsp3) is 0.389. The van der Waals surface area contributed by atoms with E-state index in [1.807, 2.05) is 17.6 Å². The van der Waals surface area contributed by atoms with Gasteiger partial charge in [-0.2, -0.15) is 5.26 Å². The average Bonchev–Trinajstić information content (AvgIpc) is 2.90. The average molecular weight is 339 g/mol. The van der Waals surface area contributed by atoms with Crippen LogP contribution in [-0.4, -0.2) is 31.8 Å². The number of pyridine rings is 1. The molecule has 130 valence electrons. The van der Waals surface area contributed by atoms with Gasteiger partial charge in [-0.3, -0.25) is 0 Å². The Hall–Kier alpha value is -2.69. The third-order valence-electron chi connectivity index (χ3n) is 3.89. The molecule has 2 heterocycles. The number of nitrogens with zero attached hydrogens (tertiary/aromatic N) is 4. The summed E-state index contributed by atoms with van der Waals surface area (Å²) >= 11 is 0. The summed E-state index contributed by atoms with van der Waals surface area (Å²) in [6, 6.07) is 7.39. The number of nitrogen functional groups attached to an aromatic ring is 1. The summed E-state index contributed by atoms with van der Waals surface area (Å²) in [6.45, 7) is 6.61. The predicted octanol–water partition coefficient (Wildman–Crippen LogP) is 2.35. The minimum atomic E-state index is -0.939. The van der Waals surface area contributed by atoms with Gasteiger partial charge in [-0.25, -0.2) is 9.97 Å². The van der Waals surface area contributed by atoms with Crippen molar-refractivity contribution in [3.63, 3.8) is 0 Å². The SMILES string of the molecule is CCOCc1nc2c(N)nc3cc(C#N)ccc3c2n1CC(C)(C)O. The number of hydrogen-bond donors (Lipinski definition) is 2. The van der Waals surface area contributed by atoms with Crippen molar-refractivity contribution in [2.75, 3.05) is 12.3 Å². The van der Waals surface area contributed by atoms with E-state index in [4.69, 9.17) is 15.7 Å². The molecule has 0 spiro atoms. The van der Waals surface area contributed by atoms with Crippen molar-refractivity contribution in [3.8, 4) is 6.07 Å². The Bertz CT molecular complexity index is 979. The maximum atomic E-state index is 10.3. The number of nitrogens with two attached hydrogens (primary N) is 1. The summed E-state index contributed by atoms with van der Waals surface area (Å²) in [5.74, 6) is 0.981. The first-order valence-electron chi connectivity index (χ1n) is 8.12. The lowest BCUT2D eigenvalue weighted by Crippen LogP contribution is -2.27. The van der Waals surface area contributed by atoms with E-state index in [2.05, 4.69) is 16.0 Å². The Labute approximate surface area is 145 Å². The third kappa shape index (κ3) is 3.27. The van der Waals surface area contributed by atoms with E-state index < -0.39 is 5.60 Å². The fourth-order valence-corrected chi connectivity index (χ4v) is 2.89. The van der Waals surface area contributed by atoms with E-state index in [0.29, 0.717) is 48.0 Å². The third-order valence-corrected chi connectivity index (χ3v) is 3.89. The number of rotatable bonds is 5. The van der Waals surface area contributed by atoms with Crippen molar-refractivity contribution in [2.45, 2.75) is 39.5 Å². The van der Waals surface area contributed by atoms with Gasteiger partial charge in [-0.15, -0.1) is 0 Å². The lowest BCUT2D eigenvalue weighted by molar-refractivity contribution is 0.0582. The molecule has 0 unspecified atom stereocenters. The van der Waals surface area contributed by atoms with Crippen molar-refractivity contribution in [2.24, 2.45) is 0 Å². The first-order valence-corrected chi connectivity index (χ1v) is 8.12.